The van der Waals surface area contributed by atoms with Crippen molar-refractivity contribution < 1.29 is 13.9 Å². The fraction of sp³-hybridized carbons (Fsp3) is 0.0833. The van der Waals surface area contributed by atoms with E-state index < -0.39 is 17.9 Å². The van der Waals surface area contributed by atoms with Gasteiger partial charge in [0, 0.05) is 26.3 Å². The van der Waals surface area contributed by atoms with Gasteiger partial charge in [-0.25, -0.2) is 0 Å². The van der Waals surface area contributed by atoms with Crippen molar-refractivity contribution in [2.75, 3.05) is 11.9 Å². The van der Waals surface area contributed by atoms with E-state index in [1.807, 2.05) is 6.92 Å². The lowest BCUT2D eigenvalue weighted by Gasteiger charge is -2.12. The molecule has 0 atom stereocenters. The Morgan fingerprint density at radius 1 is 0.969 bits per heavy atom. The fourth-order valence-electron chi connectivity index (χ4n) is 3.08. The minimum absolute atomic E-state index is 0.0980. The zero-order chi connectivity index (χ0) is 22.8. The first-order valence-electron chi connectivity index (χ1n) is 9.53. The van der Waals surface area contributed by atoms with E-state index in [2.05, 4.69) is 5.32 Å². The summed E-state index contributed by atoms with van der Waals surface area (Å²) in [5, 5.41) is 4.38. The van der Waals surface area contributed by atoms with Crippen molar-refractivity contribution in [1.29, 1.82) is 0 Å². The van der Waals surface area contributed by atoms with Crippen molar-refractivity contribution in [2.45, 2.75) is 6.92 Å². The molecule has 0 radical (unpaired) electrons. The highest BCUT2D eigenvalue weighted by atomic mass is 35.5. The Hall–Kier alpha value is -2.99. The van der Waals surface area contributed by atoms with Crippen LogP contribution in [0.2, 0.25) is 15.1 Å². The third-order valence-electron chi connectivity index (χ3n) is 4.72. The van der Waals surface area contributed by atoms with Crippen LogP contribution in [0.4, 0.5) is 5.69 Å². The average molecular weight is 489 g/mol. The molecule has 0 saturated carbocycles. The molecular weight excluding hydrogens is 473 g/mol. The predicted octanol–water partition coefficient (Wildman–Crippen LogP) is 6.75. The first-order valence-corrected chi connectivity index (χ1v) is 10.7. The highest BCUT2D eigenvalue weighted by molar-refractivity contribution is 6.32. The third-order valence-corrected chi connectivity index (χ3v) is 5.61. The normalized spacial score (nSPS) is 10.9. The van der Waals surface area contributed by atoms with Gasteiger partial charge in [-0.2, -0.15) is 0 Å². The molecule has 1 heterocycles. The maximum absolute atomic E-state index is 13.2. The lowest BCUT2D eigenvalue weighted by atomic mass is 10.1. The van der Waals surface area contributed by atoms with E-state index in [1.165, 1.54) is 6.07 Å². The predicted molar refractivity (Wildman–Crippen MR) is 128 cm³/mol. The molecule has 0 unspecified atom stereocenters. The minimum Gasteiger partial charge on any atom is -0.476 e. The van der Waals surface area contributed by atoms with Gasteiger partial charge in [-0.05, 0) is 67.1 Å². The number of fused-ring (bicyclic) bond motifs is 1. The molecular formula is C24H16Cl3NO4. The number of rotatable bonds is 5. The van der Waals surface area contributed by atoms with Gasteiger partial charge < -0.3 is 14.5 Å². The Balaban J connectivity index is 1.68. The number of anilines is 1. The van der Waals surface area contributed by atoms with Gasteiger partial charge >= 0.3 is 0 Å². The van der Waals surface area contributed by atoms with Gasteiger partial charge in [-0.1, -0.05) is 40.9 Å². The van der Waals surface area contributed by atoms with Crippen LogP contribution in [-0.2, 0) is 4.79 Å². The molecule has 0 bridgehead atoms. The molecule has 0 saturated heterocycles. The molecule has 0 aliphatic carbocycles. The van der Waals surface area contributed by atoms with E-state index in [-0.39, 0.29) is 16.9 Å². The monoisotopic (exact) mass is 487 g/mol. The highest BCUT2D eigenvalue weighted by Gasteiger charge is 2.19. The second kappa shape index (κ2) is 9.25. The van der Waals surface area contributed by atoms with E-state index in [0.717, 1.165) is 5.56 Å². The van der Waals surface area contributed by atoms with Crippen LogP contribution in [-0.4, -0.2) is 12.5 Å². The number of hydrogen-bond acceptors (Lipinski definition) is 4. The Labute approximate surface area is 198 Å². The van der Waals surface area contributed by atoms with Crippen LogP contribution in [0.25, 0.3) is 22.3 Å². The van der Waals surface area contributed by atoms with Crippen LogP contribution < -0.4 is 15.5 Å². The fourth-order valence-corrected chi connectivity index (χ4v) is 3.56. The van der Waals surface area contributed by atoms with Crippen molar-refractivity contribution in [2.24, 2.45) is 0 Å². The van der Waals surface area contributed by atoms with Gasteiger partial charge in [-0.15, -0.1) is 0 Å². The molecule has 1 N–H and O–H groups in total. The Kier molecular flexibility index (Phi) is 6.42. The van der Waals surface area contributed by atoms with E-state index in [9.17, 15) is 9.59 Å². The average Bonchev–Trinajstić information content (AvgIpc) is 2.76. The SMILES string of the molecule is Cc1ccc(NC(=O)COc2c(-c3ccc(Cl)cc3)oc3ccc(Cl)cc3c2=O)cc1Cl. The van der Waals surface area contributed by atoms with E-state index >= 15 is 0 Å². The number of carbonyl (C=O) groups excluding carboxylic acids is 1. The maximum Gasteiger partial charge on any atom is 0.262 e. The summed E-state index contributed by atoms with van der Waals surface area (Å²) in [5.74, 6) is -0.371. The summed E-state index contributed by atoms with van der Waals surface area (Å²) in [6.07, 6.45) is 0. The molecule has 0 spiro atoms. The largest absolute Gasteiger partial charge is 0.476 e. The summed E-state index contributed by atoms with van der Waals surface area (Å²) in [6.45, 7) is 1.45. The number of amides is 1. The van der Waals surface area contributed by atoms with Crippen LogP contribution >= 0.6 is 34.8 Å². The minimum atomic E-state index is -0.461. The lowest BCUT2D eigenvalue weighted by molar-refractivity contribution is -0.118. The number of ether oxygens (including phenoxy) is 1. The molecule has 4 aromatic rings. The Morgan fingerprint density at radius 2 is 1.69 bits per heavy atom. The molecule has 3 aromatic carbocycles. The summed E-state index contributed by atoms with van der Waals surface area (Å²) >= 11 is 18.1. The van der Waals surface area contributed by atoms with Gasteiger partial charge in [0.1, 0.15) is 5.58 Å². The summed E-state index contributed by atoms with van der Waals surface area (Å²) in [7, 11) is 0. The van der Waals surface area contributed by atoms with Gasteiger partial charge in [0.05, 0.1) is 5.39 Å². The van der Waals surface area contributed by atoms with Crippen molar-refractivity contribution >= 4 is 57.4 Å². The quantitative estimate of drug-likeness (QED) is 0.337. The van der Waals surface area contributed by atoms with Crippen molar-refractivity contribution in [3.8, 4) is 17.1 Å². The van der Waals surface area contributed by atoms with E-state index in [4.69, 9.17) is 44.0 Å². The number of nitrogens with one attached hydrogen (secondary N) is 1. The summed E-state index contributed by atoms with van der Waals surface area (Å²) in [4.78, 5) is 25.6. The molecule has 1 aromatic heterocycles. The number of carbonyl (C=O) groups is 1. The Morgan fingerprint density at radius 3 is 2.41 bits per heavy atom. The molecule has 0 fully saturated rings. The third kappa shape index (κ3) is 4.75. The maximum atomic E-state index is 13.2. The van der Waals surface area contributed by atoms with Gasteiger partial charge in [0.25, 0.3) is 5.91 Å². The van der Waals surface area contributed by atoms with Crippen LogP contribution in [0.15, 0.2) is 69.9 Å². The van der Waals surface area contributed by atoms with Crippen molar-refractivity contribution in [3.05, 3.63) is 91.5 Å². The number of hydrogen-bond donors (Lipinski definition) is 1. The van der Waals surface area contributed by atoms with Gasteiger partial charge in [0.2, 0.25) is 11.2 Å². The van der Waals surface area contributed by atoms with E-state index in [1.54, 1.807) is 54.6 Å². The van der Waals surface area contributed by atoms with E-state index in [0.29, 0.717) is 31.9 Å². The molecule has 8 heteroatoms. The highest BCUT2D eigenvalue weighted by Crippen LogP contribution is 2.32. The summed E-state index contributed by atoms with van der Waals surface area (Å²) < 4.78 is 11.6. The number of aryl methyl sites for hydroxylation is 1. The van der Waals surface area contributed by atoms with Crippen LogP contribution in [0.1, 0.15) is 5.56 Å². The molecule has 0 aliphatic heterocycles. The molecule has 5 nitrogen and oxygen atoms in total. The van der Waals surface area contributed by atoms with Crippen LogP contribution in [0.5, 0.6) is 5.75 Å². The second-order valence-corrected chi connectivity index (χ2v) is 8.32. The van der Waals surface area contributed by atoms with Gasteiger partial charge in [-0.3, -0.25) is 9.59 Å². The number of benzene rings is 3. The topological polar surface area (TPSA) is 68.5 Å². The van der Waals surface area contributed by atoms with Crippen molar-refractivity contribution in [1.82, 2.24) is 0 Å². The summed E-state index contributed by atoms with van der Waals surface area (Å²) in [5.41, 5.74) is 1.88. The standard InChI is InChI=1S/C24H16Cl3NO4/c1-13-2-8-17(11-19(13)27)28-21(29)12-31-24-22(30)18-10-16(26)7-9-20(18)32-23(24)14-3-5-15(25)6-4-14/h2-11H,12H2,1H3,(H,28,29). The first kappa shape index (κ1) is 22.2. The zero-order valence-electron chi connectivity index (χ0n) is 16.7. The molecule has 4 rings (SSSR count). The Bertz CT molecular complexity index is 1380. The zero-order valence-corrected chi connectivity index (χ0v) is 19.0. The molecule has 0 aliphatic rings. The second-order valence-electron chi connectivity index (χ2n) is 7.04. The van der Waals surface area contributed by atoms with Gasteiger partial charge in [0.15, 0.2) is 12.4 Å². The van der Waals surface area contributed by atoms with Crippen LogP contribution in [0.3, 0.4) is 0 Å². The summed E-state index contributed by atoms with van der Waals surface area (Å²) in [6, 6.07) is 16.6. The van der Waals surface area contributed by atoms with Crippen LogP contribution in [0, 0.1) is 6.92 Å². The molecule has 1 amide bonds. The van der Waals surface area contributed by atoms with Crippen molar-refractivity contribution in [3.63, 3.8) is 0 Å². The molecule has 32 heavy (non-hydrogen) atoms. The number of halogens is 3. The molecule has 162 valence electrons. The first-order chi connectivity index (χ1) is 15.3. The lowest BCUT2D eigenvalue weighted by Crippen LogP contribution is -2.22. The smallest absolute Gasteiger partial charge is 0.262 e.